The Morgan fingerprint density at radius 1 is 1.29 bits per heavy atom. The zero-order chi connectivity index (χ0) is 15.3. The van der Waals surface area contributed by atoms with Gasteiger partial charge in [0.25, 0.3) is 0 Å². The van der Waals surface area contributed by atoms with Crippen LogP contribution in [0.4, 0.5) is 0 Å². The highest BCUT2D eigenvalue weighted by Gasteiger charge is 2.60. The van der Waals surface area contributed by atoms with Gasteiger partial charge in [0, 0.05) is 12.6 Å². The van der Waals surface area contributed by atoms with Crippen LogP contribution in [0.5, 0.6) is 0 Å². The Hall–Kier alpha value is -1.35. The van der Waals surface area contributed by atoms with Gasteiger partial charge in [0.2, 0.25) is 0 Å². The van der Waals surface area contributed by atoms with Gasteiger partial charge in [0.05, 0.1) is 5.56 Å². The summed E-state index contributed by atoms with van der Waals surface area (Å²) < 4.78 is 0. The molecule has 0 spiro atoms. The number of rotatable bonds is 4. The number of hydrogen-bond donors (Lipinski definition) is 2. The van der Waals surface area contributed by atoms with Crippen molar-refractivity contribution >= 4 is 5.97 Å². The topological polar surface area (TPSA) is 49.3 Å². The highest BCUT2D eigenvalue weighted by atomic mass is 16.4. The summed E-state index contributed by atoms with van der Waals surface area (Å²) in [6.45, 7) is 8.11. The van der Waals surface area contributed by atoms with Gasteiger partial charge in [-0.25, -0.2) is 4.79 Å². The molecule has 0 aliphatic heterocycles. The van der Waals surface area contributed by atoms with Crippen molar-refractivity contribution in [3.05, 3.63) is 35.4 Å². The van der Waals surface area contributed by atoms with Crippen LogP contribution in [0.1, 0.15) is 56.0 Å². The molecule has 3 rings (SSSR count). The Bertz CT molecular complexity index is 549. The minimum Gasteiger partial charge on any atom is -0.478 e. The van der Waals surface area contributed by atoms with Crippen LogP contribution in [0.2, 0.25) is 0 Å². The predicted octanol–water partition coefficient (Wildman–Crippen LogP) is 3.69. The molecule has 2 N–H and O–H groups in total. The summed E-state index contributed by atoms with van der Waals surface area (Å²) >= 11 is 0. The smallest absolute Gasteiger partial charge is 0.335 e. The van der Waals surface area contributed by atoms with Crippen molar-refractivity contribution in [2.45, 2.75) is 52.6 Å². The lowest BCUT2D eigenvalue weighted by atomic mass is 9.69. The average molecular weight is 287 g/mol. The number of nitrogens with one attached hydrogen (secondary N) is 1. The van der Waals surface area contributed by atoms with Crippen molar-refractivity contribution in [2.24, 2.45) is 16.7 Å². The third-order valence-electron chi connectivity index (χ3n) is 6.55. The lowest BCUT2D eigenvalue weighted by Crippen LogP contribution is -2.44. The molecule has 0 saturated heterocycles. The van der Waals surface area contributed by atoms with Gasteiger partial charge >= 0.3 is 5.97 Å². The highest BCUT2D eigenvalue weighted by molar-refractivity contribution is 5.87. The van der Waals surface area contributed by atoms with Crippen molar-refractivity contribution in [1.29, 1.82) is 0 Å². The van der Waals surface area contributed by atoms with Crippen LogP contribution in [-0.2, 0) is 6.54 Å². The van der Waals surface area contributed by atoms with Crippen LogP contribution in [-0.4, -0.2) is 17.1 Å². The van der Waals surface area contributed by atoms with Crippen LogP contribution in [0.15, 0.2) is 24.3 Å². The molecule has 0 radical (unpaired) electrons. The molecule has 3 atom stereocenters. The minimum atomic E-state index is -0.864. The van der Waals surface area contributed by atoms with E-state index in [1.165, 1.54) is 19.3 Å². The Morgan fingerprint density at radius 2 is 1.95 bits per heavy atom. The number of aromatic carboxylic acids is 1. The van der Waals surface area contributed by atoms with Gasteiger partial charge in [0.15, 0.2) is 0 Å². The first-order valence-corrected chi connectivity index (χ1v) is 7.90. The summed E-state index contributed by atoms with van der Waals surface area (Å²) in [6.07, 6.45) is 3.96. The fourth-order valence-corrected chi connectivity index (χ4v) is 4.52. The van der Waals surface area contributed by atoms with E-state index in [1.807, 2.05) is 12.1 Å². The molecule has 2 fully saturated rings. The zero-order valence-corrected chi connectivity index (χ0v) is 13.1. The summed E-state index contributed by atoms with van der Waals surface area (Å²) in [7, 11) is 0. The first-order chi connectivity index (χ1) is 9.84. The Kier molecular flexibility index (Phi) is 3.36. The standard InChI is InChI=1S/C18H25NO2/c1-17(2)14-8-9-18(17,3)15(10-14)19-11-12-4-6-13(7-5-12)16(20)21/h4-7,14-15,19H,8-11H2,1-3H3,(H,20,21). The van der Waals surface area contributed by atoms with Gasteiger partial charge in [-0.2, -0.15) is 0 Å². The molecule has 0 amide bonds. The number of carboxylic acids is 1. The second-order valence-corrected chi connectivity index (χ2v) is 7.55. The van der Waals surface area contributed by atoms with Crippen molar-refractivity contribution in [3.63, 3.8) is 0 Å². The molecule has 2 bridgehead atoms. The third kappa shape index (κ3) is 2.18. The summed E-state index contributed by atoms with van der Waals surface area (Å²) in [5.74, 6) is -0.0220. The van der Waals surface area contributed by atoms with Crippen molar-refractivity contribution in [3.8, 4) is 0 Å². The molecule has 0 heterocycles. The molecule has 3 heteroatoms. The maximum absolute atomic E-state index is 10.9. The molecule has 1 aromatic carbocycles. The molecular weight excluding hydrogens is 262 g/mol. The SMILES string of the molecule is CC1(C)C2CCC1(C)C(NCc1ccc(C(=O)O)cc1)C2. The van der Waals surface area contributed by atoms with Crippen LogP contribution >= 0.6 is 0 Å². The van der Waals surface area contributed by atoms with Crippen LogP contribution in [0.3, 0.4) is 0 Å². The number of carboxylic acid groups (broad SMARTS) is 1. The molecule has 3 unspecified atom stereocenters. The van der Waals surface area contributed by atoms with E-state index in [-0.39, 0.29) is 0 Å². The number of benzene rings is 1. The minimum absolute atomic E-state index is 0.353. The Balaban J connectivity index is 1.65. The van der Waals surface area contributed by atoms with Crippen molar-refractivity contribution in [2.75, 3.05) is 0 Å². The zero-order valence-electron chi connectivity index (χ0n) is 13.1. The number of carbonyl (C=O) groups is 1. The normalized spacial score (nSPS) is 33.3. The predicted molar refractivity (Wildman–Crippen MR) is 83.3 cm³/mol. The monoisotopic (exact) mass is 287 g/mol. The van der Waals surface area contributed by atoms with E-state index in [0.29, 0.717) is 22.4 Å². The van der Waals surface area contributed by atoms with Gasteiger partial charge in [-0.1, -0.05) is 32.9 Å². The Morgan fingerprint density at radius 3 is 2.43 bits per heavy atom. The third-order valence-corrected chi connectivity index (χ3v) is 6.55. The molecule has 114 valence electrons. The van der Waals surface area contributed by atoms with E-state index >= 15 is 0 Å². The average Bonchev–Trinajstić information content (AvgIpc) is 2.78. The second kappa shape index (κ2) is 4.84. The molecule has 2 saturated carbocycles. The first-order valence-electron chi connectivity index (χ1n) is 7.90. The van der Waals surface area contributed by atoms with Gasteiger partial charge in [-0.15, -0.1) is 0 Å². The lowest BCUT2D eigenvalue weighted by molar-refractivity contribution is 0.0697. The molecule has 1 aromatic rings. The van der Waals surface area contributed by atoms with Gasteiger partial charge < -0.3 is 10.4 Å². The summed E-state index contributed by atoms with van der Waals surface area (Å²) in [5, 5.41) is 12.7. The molecule has 2 aliphatic rings. The number of hydrogen-bond acceptors (Lipinski definition) is 2. The quantitative estimate of drug-likeness (QED) is 0.888. The van der Waals surface area contributed by atoms with E-state index in [4.69, 9.17) is 5.11 Å². The fourth-order valence-electron chi connectivity index (χ4n) is 4.52. The molecular formula is C18H25NO2. The highest BCUT2D eigenvalue weighted by Crippen LogP contribution is 2.65. The van der Waals surface area contributed by atoms with E-state index in [9.17, 15) is 4.79 Å². The lowest BCUT2D eigenvalue weighted by Gasteiger charge is -2.39. The van der Waals surface area contributed by atoms with Crippen molar-refractivity contribution in [1.82, 2.24) is 5.32 Å². The molecule has 3 nitrogen and oxygen atoms in total. The molecule has 2 aliphatic carbocycles. The fraction of sp³-hybridized carbons (Fsp3) is 0.611. The molecule has 21 heavy (non-hydrogen) atoms. The molecule has 0 aromatic heterocycles. The van der Waals surface area contributed by atoms with E-state index in [0.717, 1.165) is 18.0 Å². The maximum atomic E-state index is 10.9. The maximum Gasteiger partial charge on any atom is 0.335 e. The van der Waals surface area contributed by atoms with Gasteiger partial charge in [-0.05, 0) is 53.7 Å². The summed E-state index contributed by atoms with van der Waals surface area (Å²) in [5.41, 5.74) is 2.33. The van der Waals surface area contributed by atoms with Gasteiger partial charge in [0.1, 0.15) is 0 Å². The largest absolute Gasteiger partial charge is 0.478 e. The van der Waals surface area contributed by atoms with E-state index < -0.39 is 5.97 Å². The van der Waals surface area contributed by atoms with Crippen LogP contribution in [0, 0.1) is 16.7 Å². The van der Waals surface area contributed by atoms with E-state index in [2.05, 4.69) is 26.1 Å². The summed E-state index contributed by atoms with van der Waals surface area (Å²) in [6, 6.07) is 7.77. The van der Waals surface area contributed by atoms with Crippen LogP contribution in [0.25, 0.3) is 0 Å². The Labute approximate surface area is 126 Å². The van der Waals surface area contributed by atoms with Crippen molar-refractivity contribution < 1.29 is 9.90 Å². The van der Waals surface area contributed by atoms with Gasteiger partial charge in [-0.3, -0.25) is 0 Å². The van der Waals surface area contributed by atoms with E-state index in [1.54, 1.807) is 12.1 Å². The number of fused-ring (bicyclic) bond motifs is 2. The second-order valence-electron chi connectivity index (χ2n) is 7.55. The van der Waals surface area contributed by atoms with Crippen LogP contribution < -0.4 is 5.32 Å². The first kappa shape index (κ1) is 14.6. The summed E-state index contributed by atoms with van der Waals surface area (Å²) in [4.78, 5) is 10.9.